The highest BCUT2D eigenvalue weighted by molar-refractivity contribution is 7.18. The van der Waals surface area contributed by atoms with Gasteiger partial charge in [0.2, 0.25) is 11.9 Å². The number of aromatic nitrogens is 2. The van der Waals surface area contributed by atoms with Gasteiger partial charge in [-0.25, -0.2) is 4.98 Å². The molecule has 0 radical (unpaired) electrons. The molecule has 0 unspecified atom stereocenters. The van der Waals surface area contributed by atoms with E-state index in [0.29, 0.717) is 5.01 Å². The predicted octanol–water partition coefficient (Wildman–Crippen LogP) is 2.93. The topological polar surface area (TPSA) is 25.8 Å². The highest BCUT2D eigenvalue weighted by atomic mass is 35.5. The Labute approximate surface area is 81.2 Å². The van der Waals surface area contributed by atoms with Gasteiger partial charge in [-0.05, 0) is 6.92 Å². The second-order valence-corrected chi connectivity index (χ2v) is 4.00. The third kappa shape index (κ3) is 1.28. The van der Waals surface area contributed by atoms with E-state index in [0.717, 1.165) is 11.3 Å². The average Bonchev–Trinajstić information content (AvgIpc) is 2.44. The van der Waals surface area contributed by atoms with E-state index in [1.165, 1.54) is 0 Å². The monoisotopic (exact) mass is 220 g/mol. The van der Waals surface area contributed by atoms with Crippen LogP contribution in [0, 0.1) is 18.8 Å². The molecule has 68 valence electrons. The Kier molecular flexibility index (Phi) is 1.92. The molecule has 0 saturated carbocycles. The summed E-state index contributed by atoms with van der Waals surface area (Å²) in [6.45, 7) is 1.69. The Morgan fingerprint density at radius 3 is 2.62 bits per heavy atom. The van der Waals surface area contributed by atoms with E-state index in [4.69, 9.17) is 11.6 Å². The van der Waals surface area contributed by atoms with E-state index in [1.54, 1.807) is 6.92 Å². The summed E-state index contributed by atoms with van der Waals surface area (Å²) in [6, 6.07) is 0. The summed E-state index contributed by atoms with van der Waals surface area (Å²) in [7, 11) is 0. The van der Waals surface area contributed by atoms with Crippen LogP contribution in [0.3, 0.4) is 0 Å². The number of fused-ring (bicyclic) bond motifs is 1. The highest BCUT2D eigenvalue weighted by Crippen LogP contribution is 2.30. The van der Waals surface area contributed by atoms with E-state index in [-0.39, 0.29) is 15.2 Å². The molecule has 2 aromatic rings. The van der Waals surface area contributed by atoms with E-state index in [2.05, 4.69) is 9.97 Å². The van der Waals surface area contributed by atoms with Gasteiger partial charge in [-0.1, -0.05) is 11.6 Å². The van der Waals surface area contributed by atoms with Crippen LogP contribution in [0.25, 0.3) is 10.2 Å². The SMILES string of the molecule is Cc1nc2c(Cl)c(F)nc(F)c2s1. The van der Waals surface area contributed by atoms with Gasteiger partial charge in [-0.2, -0.15) is 13.8 Å². The van der Waals surface area contributed by atoms with Crippen molar-refractivity contribution in [3.63, 3.8) is 0 Å². The lowest BCUT2D eigenvalue weighted by Crippen LogP contribution is -1.90. The first-order chi connectivity index (χ1) is 6.09. The van der Waals surface area contributed by atoms with Crippen LogP contribution in [0.15, 0.2) is 0 Å². The predicted molar refractivity (Wildman–Crippen MR) is 47.1 cm³/mol. The van der Waals surface area contributed by atoms with Crippen LogP contribution in [-0.2, 0) is 0 Å². The van der Waals surface area contributed by atoms with Crippen LogP contribution in [0.4, 0.5) is 8.78 Å². The van der Waals surface area contributed by atoms with Gasteiger partial charge in [0.25, 0.3) is 0 Å². The van der Waals surface area contributed by atoms with Gasteiger partial charge in [0.15, 0.2) is 0 Å². The Balaban J connectivity index is 2.95. The summed E-state index contributed by atoms with van der Waals surface area (Å²) in [6.07, 6.45) is 0. The first-order valence-electron chi connectivity index (χ1n) is 3.37. The molecule has 6 heteroatoms. The van der Waals surface area contributed by atoms with Crippen molar-refractivity contribution >= 4 is 33.2 Å². The smallest absolute Gasteiger partial charge is 0.236 e. The fourth-order valence-electron chi connectivity index (χ4n) is 0.999. The van der Waals surface area contributed by atoms with E-state index >= 15 is 0 Å². The normalized spacial score (nSPS) is 11.1. The molecule has 13 heavy (non-hydrogen) atoms. The lowest BCUT2D eigenvalue weighted by atomic mass is 10.4. The summed E-state index contributed by atoms with van der Waals surface area (Å²) in [5.74, 6) is -1.88. The summed E-state index contributed by atoms with van der Waals surface area (Å²) >= 11 is 6.65. The van der Waals surface area contributed by atoms with Gasteiger partial charge in [0.05, 0.1) is 5.01 Å². The van der Waals surface area contributed by atoms with E-state index in [1.807, 2.05) is 0 Å². The van der Waals surface area contributed by atoms with Gasteiger partial charge < -0.3 is 0 Å². The molecule has 2 aromatic heterocycles. The van der Waals surface area contributed by atoms with Crippen molar-refractivity contribution in [3.8, 4) is 0 Å². The zero-order chi connectivity index (χ0) is 9.59. The minimum atomic E-state index is -1.02. The van der Waals surface area contributed by atoms with Crippen molar-refractivity contribution in [2.75, 3.05) is 0 Å². The maximum atomic E-state index is 13.0. The highest BCUT2D eigenvalue weighted by Gasteiger charge is 2.15. The number of hydrogen-bond donors (Lipinski definition) is 0. The number of hydrogen-bond acceptors (Lipinski definition) is 3. The third-order valence-corrected chi connectivity index (χ3v) is 2.79. The Hall–Kier alpha value is -0.810. The van der Waals surface area contributed by atoms with E-state index in [9.17, 15) is 8.78 Å². The van der Waals surface area contributed by atoms with Gasteiger partial charge in [0, 0.05) is 0 Å². The Morgan fingerprint density at radius 2 is 1.92 bits per heavy atom. The quantitative estimate of drug-likeness (QED) is 0.638. The lowest BCUT2D eigenvalue weighted by molar-refractivity contribution is 0.523. The first-order valence-corrected chi connectivity index (χ1v) is 4.56. The lowest BCUT2D eigenvalue weighted by Gasteiger charge is -1.94. The van der Waals surface area contributed by atoms with Crippen molar-refractivity contribution in [1.82, 2.24) is 9.97 Å². The first kappa shape index (κ1) is 8.77. The van der Waals surface area contributed by atoms with Gasteiger partial charge in [-0.15, -0.1) is 11.3 Å². The molecule has 0 aromatic carbocycles. The summed E-state index contributed by atoms with van der Waals surface area (Å²) in [5.41, 5.74) is 0.147. The molecule has 0 aliphatic carbocycles. The third-order valence-electron chi connectivity index (χ3n) is 1.51. The molecule has 0 spiro atoms. The summed E-state index contributed by atoms with van der Waals surface area (Å²) in [5, 5.41) is 0.406. The number of nitrogens with zero attached hydrogens (tertiary/aromatic N) is 2. The van der Waals surface area contributed by atoms with Crippen molar-refractivity contribution in [2.45, 2.75) is 6.92 Å². The number of thiazole rings is 1. The summed E-state index contributed by atoms with van der Waals surface area (Å²) in [4.78, 5) is 6.92. The summed E-state index contributed by atoms with van der Waals surface area (Å²) < 4.78 is 26.0. The van der Waals surface area contributed by atoms with E-state index < -0.39 is 11.9 Å². The molecular weight excluding hydrogens is 218 g/mol. The maximum absolute atomic E-state index is 13.0. The molecular formula is C7H3ClF2N2S. The molecule has 0 fully saturated rings. The fourth-order valence-corrected chi connectivity index (χ4v) is 2.04. The van der Waals surface area contributed by atoms with Gasteiger partial charge in [-0.3, -0.25) is 0 Å². The maximum Gasteiger partial charge on any atom is 0.236 e. The number of pyridine rings is 1. The van der Waals surface area contributed by atoms with Crippen LogP contribution in [-0.4, -0.2) is 9.97 Å². The fraction of sp³-hybridized carbons (Fsp3) is 0.143. The second kappa shape index (κ2) is 2.85. The van der Waals surface area contributed by atoms with Gasteiger partial charge >= 0.3 is 0 Å². The van der Waals surface area contributed by atoms with Gasteiger partial charge in [0.1, 0.15) is 15.2 Å². The van der Waals surface area contributed by atoms with Crippen molar-refractivity contribution in [1.29, 1.82) is 0 Å². The molecule has 0 N–H and O–H groups in total. The molecule has 0 saturated heterocycles. The Morgan fingerprint density at radius 1 is 1.23 bits per heavy atom. The van der Waals surface area contributed by atoms with Crippen LogP contribution < -0.4 is 0 Å². The minimum Gasteiger partial charge on any atom is -0.240 e. The molecule has 0 atom stereocenters. The van der Waals surface area contributed by atoms with Crippen LogP contribution in [0.2, 0.25) is 5.02 Å². The molecule has 0 aliphatic heterocycles. The molecule has 0 bridgehead atoms. The molecule has 0 amide bonds. The number of halogens is 3. The van der Waals surface area contributed by atoms with Crippen LogP contribution in [0.1, 0.15) is 5.01 Å². The molecule has 0 aliphatic rings. The largest absolute Gasteiger partial charge is 0.240 e. The van der Waals surface area contributed by atoms with Crippen LogP contribution >= 0.6 is 22.9 Å². The zero-order valence-corrected chi connectivity index (χ0v) is 8.01. The second-order valence-electron chi connectivity index (χ2n) is 2.42. The molecule has 2 heterocycles. The number of rotatable bonds is 0. The molecule has 2 rings (SSSR count). The van der Waals surface area contributed by atoms with Crippen molar-refractivity contribution < 1.29 is 8.78 Å². The van der Waals surface area contributed by atoms with Crippen LogP contribution in [0.5, 0.6) is 0 Å². The molecule has 2 nitrogen and oxygen atoms in total. The van der Waals surface area contributed by atoms with Crippen molar-refractivity contribution in [2.24, 2.45) is 0 Å². The number of aryl methyl sites for hydroxylation is 1. The zero-order valence-electron chi connectivity index (χ0n) is 6.44. The minimum absolute atomic E-state index is 0.147. The Bertz CT molecular complexity index is 483. The standard InChI is InChI=1S/C7H3ClF2N2S/c1-2-11-4-3(8)6(9)12-7(10)5(4)13-2/h1H3. The van der Waals surface area contributed by atoms with Crippen molar-refractivity contribution in [3.05, 3.63) is 21.9 Å². The average molecular weight is 221 g/mol.